The van der Waals surface area contributed by atoms with Crippen molar-refractivity contribution in [2.45, 2.75) is 11.8 Å². The molecule has 0 aromatic heterocycles. The van der Waals surface area contributed by atoms with Crippen LogP contribution in [0.5, 0.6) is 0 Å². The molecule has 0 radical (unpaired) electrons. The third-order valence-corrected chi connectivity index (χ3v) is 6.49. The Morgan fingerprint density at radius 2 is 1.58 bits per heavy atom. The fourth-order valence-electron chi connectivity index (χ4n) is 3.04. The summed E-state index contributed by atoms with van der Waals surface area (Å²) >= 11 is 0. The van der Waals surface area contributed by atoms with Gasteiger partial charge in [0, 0.05) is 17.8 Å². The van der Waals surface area contributed by atoms with E-state index in [0.29, 0.717) is 22.5 Å². The number of nitrogens with zero attached hydrogens (tertiary/aromatic N) is 1. The highest BCUT2D eigenvalue weighted by Gasteiger charge is 2.23. The van der Waals surface area contributed by atoms with Crippen LogP contribution in [-0.2, 0) is 14.8 Å². The molecule has 0 saturated heterocycles. The lowest BCUT2D eigenvalue weighted by atomic mass is 10.1. The number of hydrogen-bond donors (Lipinski definition) is 1. The van der Waals surface area contributed by atoms with Crippen LogP contribution in [0.15, 0.2) is 83.8 Å². The van der Waals surface area contributed by atoms with Crippen molar-refractivity contribution in [3.05, 3.63) is 90.0 Å². The first kappa shape index (κ1) is 22.0. The first-order valence-electron chi connectivity index (χ1n) is 9.54. The van der Waals surface area contributed by atoms with E-state index >= 15 is 0 Å². The monoisotopic (exact) mass is 438 g/mol. The van der Waals surface area contributed by atoms with Gasteiger partial charge in [-0.05, 0) is 61.5 Å². The van der Waals surface area contributed by atoms with E-state index in [0.717, 1.165) is 0 Å². The predicted octanol–water partition coefficient (Wildman–Crippen LogP) is 3.94. The van der Waals surface area contributed by atoms with Crippen molar-refractivity contribution in [2.75, 3.05) is 23.3 Å². The lowest BCUT2D eigenvalue weighted by molar-refractivity contribution is 0.0600. The van der Waals surface area contributed by atoms with Crippen molar-refractivity contribution >= 4 is 33.3 Å². The summed E-state index contributed by atoms with van der Waals surface area (Å²) in [5.41, 5.74) is 1.56. The first-order valence-corrected chi connectivity index (χ1v) is 11.0. The van der Waals surface area contributed by atoms with Crippen molar-refractivity contribution in [1.29, 1.82) is 0 Å². The molecule has 0 bridgehead atoms. The average molecular weight is 439 g/mol. The third kappa shape index (κ3) is 4.92. The maximum absolute atomic E-state index is 12.9. The molecule has 3 aromatic carbocycles. The normalized spacial score (nSPS) is 10.9. The number of methoxy groups -OCH3 is 1. The van der Waals surface area contributed by atoms with Crippen LogP contribution in [0.2, 0.25) is 0 Å². The summed E-state index contributed by atoms with van der Waals surface area (Å²) in [6, 6.07) is 20.9. The number of sulfonamides is 1. The van der Waals surface area contributed by atoms with Crippen molar-refractivity contribution < 1.29 is 22.7 Å². The minimum absolute atomic E-state index is 0.198. The zero-order chi connectivity index (χ0) is 22.4. The highest BCUT2D eigenvalue weighted by atomic mass is 32.2. The Morgan fingerprint density at radius 1 is 0.903 bits per heavy atom. The number of esters is 1. The standard InChI is InChI=1S/C23H22N2O5S/c1-3-25(31(28,29)21-10-5-4-6-11-21)20-14-12-17(13-15-20)22(26)24-19-9-7-8-18(16-19)23(27)30-2/h4-16H,3H2,1-2H3,(H,24,26). The van der Waals surface area contributed by atoms with Crippen LogP contribution in [0.3, 0.4) is 0 Å². The number of amides is 1. The molecule has 3 rings (SSSR count). The van der Waals surface area contributed by atoms with Gasteiger partial charge < -0.3 is 10.1 Å². The summed E-state index contributed by atoms with van der Waals surface area (Å²) in [5, 5.41) is 2.72. The first-order chi connectivity index (χ1) is 14.9. The van der Waals surface area contributed by atoms with Crippen molar-refractivity contribution in [1.82, 2.24) is 0 Å². The van der Waals surface area contributed by atoms with E-state index in [2.05, 4.69) is 10.1 Å². The average Bonchev–Trinajstić information content (AvgIpc) is 2.80. The van der Waals surface area contributed by atoms with Gasteiger partial charge in [0.2, 0.25) is 0 Å². The number of anilines is 2. The third-order valence-electron chi connectivity index (χ3n) is 4.58. The Labute approximate surface area is 181 Å². The quantitative estimate of drug-likeness (QED) is 0.564. The van der Waals surface area contributed by atoms with Gasteiger partial charge in [-0.3, -0.25) is 9.10 Å². The fourth-order valence-corrected chi connectivity index (χ4v) is 4.53. The Kier molecular flexibility index (Phi) is 6.71. The summed E-state index contributed by atoms with van der Waals surface area (Å²) < 4.78 is 31.9. The summed E-state index contributed by atoms with van der Waals surface area (Å²) in [6.45, 7) is 1.98. The minimum Gasteiger partial charge on any atom is -0.465 e. The van der Waals surface area contributed by atoms with Gasteiger partial charge in [-0.2, -0.15) is 0 Å². The van der Waals surface area contributed by atoms with Gasteiger partial charge in [0.25, 0.3) is 15.9 Å². The summed E-state index contributed by atoms with van der Waals surface area (Å²) in [5.74, 6) is -0.887. The number of hydrogen-bond acceptors (Lipinski definition) is 5. The second kappa shape index (κ2) is 9.44. The van der Waals surface area contributed by atoms with Gasteiger partial charge in [0.05, 0.1) is 23.3 Å². The Hall–Kier alpha value is -3.65. The van der Waals surface area contributed by atoms with E-state index in [1.165, 1.54) is 17.5 Å². The molecule has 0 unspecified atom stereocenters. The highest BCUT2D eigenvalue weighted by molar-refractivity contribution is 7.92. The van der Waals surface area contributed by atoms with Crippen LogP contribution < -0.4 is 9.62 Å². The smallest absolute Gasteiger partial charge is 0.337 e. The molecular formula is C23H22N2O5S. The van der Waals surface area contributed by atoms with Crippen molar-refractivity contribution in [2.24, 2.45) is 0 Å². The van der Waals surface area contributed by atoms with Crippen LogP contribution >= 0.6 is 0 Å². The lowest BCUT2D eigenvalue weighted by Crippen LogP contribution is -2.30. The number of benzene rings is 3. The predicted molar refractivity (Wildman–Crippen MR) is 119 cm³/mol. The van der Waals surface area contributed by atoms with Crippen molar-refractivity contribution in [3.63, 3.8) is 0 Å². The zero-order valence-electron chi connectivity index (χ0n) is 17.1. The molecule has 0 aliphatic heterocycles. The molecule has 0 saturated carbocycles. The molecular weight excluding hydrogens is 416 g/mol. The second-order valence-electron chi connectivity index (χ2n) is 6.56. The van der Waals surface area contributed by atoms with Crippen molar-refractivity contribution in [3.8, 4) is 0 Å². The van der Waals surface area contributed by atoms with Gasteiger partial charge in [0.15, 0.2) is 0 Å². The van der Waals surface area contributed by atoms with Gasteiger partial charge >= 0.3 is 5.97 Å². The SMILES string of the molecule is CCN(c1ccc(C(=O)Nc2cccc(C(=O)OC)c2)cc1)S(=O)(=O)c1ccccc1. The number of rotatable bonds is 7. The molecule has 0 atom stereocenters. The van der Waals surface area contributed by atoms with E-state index < -0.39 is 16.0 Å². The molecule has 1 N–H and O–H groups in total. The maximum atomic E-state index is 12.9. The van der Waals surface area contributed by atoms with Gasteiger partial charge in [-0.25, -0.2) is 13.2 Å². The van der Waals surface area contributed by atoms with E-state index in [1.54, 1.807) is 79.7 Å². The Balaban J connectivity index is 1.79. The van der Waals surface area contributed by atoms with Gasteiger partial charge in [0.1, 0.15) is 0 Å². The highest BCUT2D eigenvalue weighted by Crippen LogP contribution is 2.24. The molecule has 0 fully saturated rings. The van der Waals surface area contributed by atoms with E-state index in [1.807, 2.05) is 0 Å². The maximum Gasteiger partial charge on any atom is 0.337 e. The van der Waals surface area contributed by atoms with Crippen LogP contribution in [0, 0.1) is 0 Å². The van der Waals surface area contributed by atoms with Crippen LogP contribution in [0.1, 0.15) is 27.6 Å². The van der Waals surface area contributed by atoms with Crippen LogP contribution in [-0.4, -0.2) is 33.9 Å². The van der Waals surface area contributed by atoms with Crippen LogP contribution in [0.4, 0.5) is 11.4 Å². The summed E-state index contributed by atoms with van der Waals surface area (Å²) in [4.78, 5) is 24.4. The second-order valence-corrected chi connectivity index (χ2v) is 8.42. The zero-order valence-corrected chi connectivity index (χ0v) is 17.9. The fraction of sp³-hybridized carbons (Fsp3) is 0.130. The molecule has 8 heteroatoms. The molecule has 0 spiro atoms. The number of ether oxygens (including phenoxy) is 1. The largest absolute Gasteiger partial charge is 0.465 e. The van der Waals surface area contributed by atoms with E-state index in [9.17, 15) is 18.0 Å². The van der Waals surface area contributed by atoms with Gasteiger partial charge in [-0.1, -0.05) is 24.3 Å². The van der Waals surface area contributed by atoms with E-state index in [4.69, 9.17) is 0 Å². The molecule has 3 aromatic rings. The molecule has 7 nitrogen and oxygen atoms in total. The molecule has 0 aliphatic rings. The topological polar surface area (TPSA) is 92.8 Å². The summed E-state index contributed by atoms with van der Waals surface area (Å²) in [6.07, 6.45) is 0. The number of carbonyl (C=O) groups excluding carboxylic acids is 2. The Morgan fingerprint density at radius 3 is 2.19 bits per heavy atom. The van der Waals surface area contributed by atoms with E-state index in [-0.39, 0.29) is 17.3 Å². The lowest BCUT2D eigenvalue weighted by Gasteiger charge is -2.23. The summed E-state index contributed by atoms with van der Waals surface area (Å²) in [7, 11) is -2.43. The molecule has 160 valence electrons. The molecule has 31 heavy (non-hydrogen) atoms. The molecule has 1 amide bonds. The molecule has 0 heterocycles. The van der Waals surface area contributed by atoms with Gasteiger partial charge in [-0.15, -0.1) is 0 Å². The Bertz CT molecular complexity index is 1180. The molecule has 0 aliphatic carbocycles. The number of carbonyl (C=O) groups is 2. The number of nitrogens with one attached hydrogen (secondary N) is 1. The minimum atomic E-state index is -3.71. The van der Waals surface area contributed by atoms with Crippen LogP contribution in [0.25, 0.3) is 0 Å².